The van der Waals surface area contributed by atoms with Gasteiger partial charge >= 0.3 is 0 Å². The average Bonchev–Trinajstić information content (AvgIpc) is 3.47. The zero-order valence-electron chi connectivity index (χ0n) is 26.8. The second-order valence-electron chi connectivity index (χ2n) is 12.8. The lowest BCUT2D eigenvalue weighted by Gasteiger charge is -2.40. The molecule has 49 heavy (non-hydrogen) atoms. The van der Waals surface area contributed by atoms with E-state index in [9.17, 15) is 0 Å². The highest BCUT2D eigenvalue weighted by molar-refractivity contribution is 7.99. The van der Waals surface area contributed by atoms with E-state index in [1.165, 1.54) is 65.1 Å². The Labute approximate surface area is 291 Å². The van der Waals surface area contributed by atoms with Crippen LogP contribution in [0.5, 0.6) is 0 Å². The smallest absolute Gasteiger partial charge is 0.0735 e. The molecule has 0 aromatic heterocycles. The Morgan fingerprint density at radius 2 is 0.857 bits per heavy atom. The van der Waals surface area contributed by atoms with Crippen LogP contribution in [0.2, 0.25) is 0 Å². The molecule has 8 aromatic carbocycles. The van der Waals surface area contributed by atoms with Crippen LogP contribution in [0.4, 0.5) is 17.1 Å². The minimum absolute atomic E-state index is 0.416. The lowest BCUT2D eigenvalue weighted by molar-refractivity contribution is 0.726. The molecule has 1 spiro atoms. The molecule has 1 heterocycles. The number of nitrogens with zero attached hydrogens (tertiary/aromatic N) is 1. The van der Waals surface area contributed by atoms with Crippen molar-refractivity contribution in [2.24, 2.45) is 0 Å². The fourth-order valence-electron chi connectivity index (χ4n) is 8.30. The molecule has 1 nitrogen and oxygen atoms in total. The predicted octanol–water partition coefficient (Wildman–Crippen LogP) is 12.8. The van der Waals surface area contributed by atoms with Gasteiger partial charge in [-0.25, -0.2) is 0 Å². The normalized spacial score (nSPS) is 13.4. The molecule has 0 bridgehead atoms. The van der Waals surface area contributed by atoms with E-state index in [0.717, 1.165) is 17.1 Å². The maximum atomic E-state index is 2.51. The van der Waals surface area contributed by atoms with E-state index in [0.29, 0.717) is 0 Å². The van der Waals surface area contributed by atoms with Gasteiger partial charge < -0.3 is 4.90 Å². The van der Waals surface area contributed by atoms with Crippen molar-refractivity contribution in [3.63, 3.8) is 0 Å². The van der Waals surface area contributed by atoms with Crippen molar-refractivity contribution in [2.75, 3.05) is 4.90 Å². The van der Waals surface area contributed by atoms with Crippen molar-refractivity contribution in [3.8, 4) is 22.3 Å². The molecular formula is C47H31NS. The van der Waals surface area contributed by atoms with E-state index in [2.05, 4.69) is 193 Å². The minimum Gasteiger partial charge on any atom is -0.311 e. The Kier molecular flexibility index (Phi) is 6.40. The Morgan fingerprint density at radius 3 is 1.49 bits per heavy atom. The van der Waals surface area contributed by atoms with Crippen LogP contribution < -0.4 is 4.90 Å². The molecule has 0 N–H and O–H groups in total. The first-order chi connectivity index (χ1) is 24.3. The van der Waals surface area contributed by atoms with E-state index in [4.69, 9.17) is 0 Å². The number of hydrogen-bond acceptors (Lipinski definition) is 2. The lowest BCUT2D eigenvalue weighted by atomic mass is 9.66. The molecule has 0 amide bonds. The average molecular weight is 642 g/mol. The maximum Gasteiger partial charge on any atom is 0.0735 e. The number of fused-ring (bicyclic) bond motifs is 11. The summed E-state index contributed by atoms with van der Waals surface area (Å²) >= 11 is 1.92. The van der Waals surface area contributed by atoms with Crippen molar-refractivity contribution in [1.29, 1.82) is 0 Å². The monoisotopic (exact) mass is 641 g/mol. The van der Waals surface area contributed by atoms with E-state index in [1.807, 2.05) is 11.8 Å². The molecule has 230 valence electrons. The van der Waals surface area contributed by atoms with Crippen molar-refractivity contribution >= 4 is 39.6 Å². The molecule has 1 aliphatic heterocycles. The van der Waals surface area contributed by atoms with Gasteiger partial charge in [0.15, 0.2) is 0 Å². The number of anilines is 3. The van der Waals surface area contributed by atoms with Gasteiger partial charge in [0.25, 0.3) is 0 Å². The zero-order chi connectivity index (χ0) is 32.4. The van der Waals surface area contributed by atoms with E-state index >= 15 is 0 Å². The van der Waals surface area contributed by atoms with E-state index in [-0.39, 0.29) is 0 Å². The third-order valence-electron chi connectivity index (χ3n) is 10.3. The molecule has 1 aliphatic carbocycles. The minimum atomic E-state index is -0.416. The van der Waals surface area contributed by atoms with Crippen LogP contribution in [0, 0.1) is 0 Å². The van der Waals surface area contributed by atoms with Crippen LogP contribution in [0.1, 0.15) is 22.3 Å². The number of para-hydroxylation sites is 2. The number of hydrogen-bond donors (Lipinski definition) is 0. The summed E-state index contributed by atoms with van der Waals surface area (Å²) in [6.07, 6.45) is 0. The number of rotatable bonds is 4. The second-order valence-corrected chi connectivity index (χ2v) is 13.9. The van der Waals surface area contributed by atoms with Gasteiger partial charge in [0.05, 0.1) is 5.41 Å². The summed E-state index contributed by atoms with van der Waals surface area (Å²) in [7, 11) is 0. The Hall–Kier alpha value is -5.83. The molecule has 0 saturated heterocycles. The summed E-state index contributed by atoms with van der Waals surface area (Å²) in [6, 6.07) is 69.0. The molecule has 8 aromatic rings. The van der Waals surface area contributed by atoms with Crippen LogP contribution in [-0.4, -0.2) is 0 Å². The van der Waals surface area contributed by atoms with Crippen LogP contribution in [0.15, 0.2) is 198 Å². The van der Waals surface area contributed by atoms with Gasteiger partial charge in [0, 0.05) is 26.9 Å². The third-order valence-corrected chi connectivity index (χ3v) is 11.5. The molecule has 0 fully saturated rings. The Bertz CT molecular complexity index is 2430. The summed E-state index contributed by atoms with van der Waals surface area (Å²) < 4.78 is 0. The Morgan fingerprint density at radius 1 is 0.367 bits per heavy atom. The molecule has 2 aliphatic rings. The van der Waals surface area contributed by atoms with Gasteiger partial charge in [-0.05, 0) is 104 Å². The third kappa shape index (κ3) is 4.14. The molecule has 0 radical (unpaired) electrons. The number of benzene rings is 8. The van der Waals surface area contributed by atoms with Crippen LogP contribution in [0.3, 0.4) is 0 Å². The summed E-state index contributed by atoms with van der Waals surface area (Å²) in [5.41, 5.74) is 13.6. The summed E-state index contributed by atoms with van der Waals surface area (Å²) in [6.45, 7) is 0. The molecule has 0 saturated carbocycles. The van der Waals surface area contributed by atoms with E-state index < -0.39 is 5.41 Å². The lowest BCUT2D eigenvalue weighted by Crippen LogP contribution is -2.32. The highest BCUT2D eigenvalue weighted by Gasteiger charge is 2.50. The molecule has 10 rings (SSSR count). The first-order valence-electron chi connectivity index (χ1n) is 16.9. The van der Waals surface area contributed by atoms with Gasteiger partial charge in [0.2, 0.25) is 0 Å². The predicted molar refractivity (Wildman–Crippen MR) is 205 cm³/mol. The van der Waals surface area contributed by atoms with Crippen LogP contribution in [-0.2, 0) is 5.41 Å². The van der Waals surface area contributed by atoms with Gasteiger partial charge in [-0.1, -0.05) is 151 Å². The summed E-state index contributed by atoms with van der Waals surface area (Å²) in [4.78, 5) is 5.00. The van der Waals surface area contributed by atoms with Crippen molar-refractivity contribution in [1.82, 2.24) is 0 Å². The van der Waals surface area contributed by atoms with Crippen molar-refractivity contribution < 1.29 is 0 Å². The standard InChI is InChI=1S/C47H31NS/c1-3-15-33(16-4-1)48(34-17-5-2-6-18-34)35-29-27-32(28-30-35)40-31-44-46(39-22-8-7-19-36(39)40)49-45-26-14-13-25-43(45)47(44)41-23-11-9-20-37(41)38-21-10-12-24-42(38)47/h1-31H. The fraction of sp³-hybridized carbons (Fsp3) is 0.0213. The summed E-state index contributed by atoms with van der Waals surface area (Å²) in [5, 5.41) is 2.58. The largest absolute Gasteiger partial charge is 0.311 e. The van der Waals surface area contributed by atoms with Gasteiger partial charge in [-0.2, -0.15) is 0 Å². The topological polar surface area (TPSA) is 3.24 Å². The van der Waals surface area contributed by atoms with Gasteiger partial charge in [-0.15, -0.1) is 0 Å². The van der Waals surface area contributed by atoms with Crippen molar-refractivity contribution in [2.45, 2.75) is 15.2 Å². The van der Waals surface area contributed by atoms with Crippen molar-refractivity contribution in [3.05, 3.63) is 210 Å². The van der Waals surface area contributed by atoms with E-state index in [1.54, 1.807) is 0 Å². The first kappa shape index (κ1) is 28.2. The molecule has 0 atom stereocenters. The maximum absolute atomic E-state index is 2.51. The summed E-state index contributed by atoms with van der Waals surface area (Å²) in [5.74, 6) is 0. The molecular weight excluding hydrogens is 611 g/mol. The van der Waals surface area contributed by atoms with Crippen LogP contribution >= 0.6 is 11.8 Å². The quantitative estimate of drug-likeness (QED) is 0.188. The zero-order valence-corrected chi connectivity index (χ0v) is 27.6. The first-order valence-corrected chi connectivity index (χ1v) is 17.7. The highest BCUT2D eigenvalue weighted by atomic mass is 32.2. The second kappa shape index (κ2) is 11.1. The SMILES string of the molecule is c1ccc(N(c2ccccc2)c2ccc(-c3cc4c(c5ccccc35)Sc3ccccc3C43c4ccccc4-c4ccccc43)cc2)cc1. The highest BCUT2D eigenvalue weighted by Crippen LogP contribution is 2.63. The van der Waals surface area contributed by atoms with Gasteiger partial charge in [0.1, 0.15) is 0 Å². The van der Waals surface area contributed by atoms with Crippen LogP contribution in [0.25, 0.3) is 33.0 Å². The Balaban J connectivity index is 1.22. The molecule has 2 heteroatoms. The van der Waals surface area contributed by atoms with Gasteiger partial charge in [-0.3, -0.25) is 0 Å². The molecule has 0 unspecified atom stereocenters. The fourth-order valence-corrected chi connectivity index (χ4v) is 9.61.